The van der Waals surface area contributed by atoms with Crippen LogP contribution in [0.15, 0.2) is 24.5 Å². The third-order valence-corrected chi connectivity index (χ3v) is 2.32. The van der Waals surface area contributed by atoms with Gasteiger partial charge >= 0.3 is 5.97 Å². The van der Waals surface area contributed by atoms with Crippen molar-refractivity contribution in [1.82, 2.24) is 9.38 Å². The van der Waals surface area contributed by atoms with E-state index in [9.17, 15) is 4.79 Å². The van der Waals surface area contributed by atoms with Crippen molar-refractivity contribution in [3.63, 3.8) is 0 Å². The Kier molecular flexibility index (Phi) is 2.19. The Bertz CT molecular complexity index is 514. The van der Waals surface area contributed by atoms with Crippen LogP contribution in [0, 0.1) is 0 Å². The fourth-order valence-corrected chi connectivity index (χ4v) is 1.41. The Labute approximate surface area is 87.2 Å². The molecule has 0 radical (unpaired) electrons. The van der Waals surface area contributed by atoms with Gasteiger partial charge in [0.1, 0.15) is 5.65 Å². The van der Waals surface area contributed by atoms with Gasteiger partial charge in [-0.25, -0.2) is 9.78 Å². The second-order valence-corrected chi connectivity index (χ2v) is 3.81. The van der Waals surface area contributed by atoms with Gasteiger partial charge < -0.3 is 9.51 Å². The van der Waals surface area contributed by atoms with E-state index >= 15 is 0 Å². The highest BCUT2D eigenvalue weighted by Crippen LogP contribution is 2.15. The van der Waals surface area contributed by atoms with Crippen molar-refractivity contribution in [3.05, 3.63) is 35.8 Å². The molecule has 2 aromatic rings. The maximum absolute atomic E-state index is 10.7. The number of nitrogens with zero attached hydrogens (tertiary/aromatic N) is 2. The quantitative estimate of drug-likeness (QED) is 0.815. The van der Waals surface area contributed by atoms with Crippen LogP contribution in [0.2, 0.25) is 0 Å². The van der Waals surface area contributed by atoms with E-state index in [2.05, 4.69) is 18.8 Å². The number of hydrogen-bond donors (Lipinski definition) is 1. The van der Waals surface area contributed by atoms with E-state index in [4.69, 9.17) is 5.11 Å². The molecule has 0 atom stereocenters. The van der Waals surface area contributed by atoms with E-state index in [0.29, 0.717) is 11.6 Å². The van der Waals surface area contributed by atoms with Crippen LogP contribution in [-0.4, -0.2) is 20.5 Å². The van der Waals surface area contributed by atoms with Gasteiger partial charge in [-0.1, -0.05) is 13.8 Å². The molecular weight excluding hydrogens is 192 g/mol. The van der Waals surface area contributed by atoms with Gasteiger partial charge in [-0.3, -0.25) is 0 Å². The number of aromatic nitrogens is 2. The molecular formula is C11H12N2O2. The van der Waals surface area contributed by atoms with Crippen molar-refractivity contribution in [1.29, 1.82) is 0 Å². The molecule has 78 valence electrons. The van der Waals surface area contributed by atoms with Crippen molar-refractivity contribution >= 4 is 11.6 Å². The fourth-order valence-electron chi connectivity index (χ4n) is 1.41. The first kappa shape index (κ1) is 9.71. The number of carbonyl (C=O) groups is 1. The number of aromatic carboxylic acids is 1. The predicted octanol–water partition coefficient (Wildman–Crippen LogP) is 2.16. The van der Waals surface area contributed by atoms with Gasteiger partial charge in [0.2, 0.25) is 0 Å². The number of pyridine rings is 1. The summed E-state index contributed by atoms with van der Waals surface area (Å²) < 4.78 is 1.84. The van der Waals surface area contributed by atoms with E-state index in [1.54, 1.807) is 18.3 Å². The van der Waals surface area contributed by atoms with Crippen LogP contribution < -0.4 is 0 Å². The lowest BCUT2D eigenvalue weighted by Gasteiger charge is -1.94. The van der Waals surface area contributed by atoms with Crippen LogP contribution in [0.5, 0.6) is 0 Å². The first-order valence-corrected chi connectivity index (χ1v) is 4.80. The monoisotopic (exact) mass is 204 g/mol. The number of imidazole rings is 1. The highest BCUT2D eigenvalue weighted by Gasteiger charge is 2.08. The summed E-state index contributed by atoms with van der Waals surface area (Å²) in [4.78, 5) is 15.1. The SMILES string of the molecule is CC(C)c1cn2ccc(C(=O)O)cc2n1. The van der Waals surface area contributed by atoms with Gasteiger partial charge in [0.25, 0.3) is 0 Å². The molecule has 15 heavy (non-hydrogen) atoms. The maximum Gasteiger partial charge on any atom is 0.335 e. The summed E-state index contributed by atoms with van der Waals surface area (Å²) in [6.45, 7) is 4.11. The summed E-state index contributed by atoms with van der Waals surface area (Å²) in [6.07, 6.45) is 3.64. The number of rotatable bonds is 2. The molecule has 0 spiro atoms. The van der Waals surface area contributed by atoms with Gasteiger partial charge in [0.05, 0.1) is 11.3 Å². The minimum Gasteiger partial charge on any atom is -0.478 e. The highest BCUT2D eigenvalue weighted by atomic mass is 16.4. The molecule has 0 bridgehead atoms. The maximum atomic E-state index is 10.7. The van der Waals surface area contributed by atoms with Gasteiger partial charge in [-0.2, -0.15) is 0 Å². The summed E-state index contributed by atoms with van der Waals surface area (Å²) in [7, 11) is 0. The molecule has 0 unspecified atom stereocenters. The zero-order chi connectivity index (χ0) is 11.0. The predicted molar refractivity (Wildman–Crippen MR) is 56.2 cm³/mol. The number of carboxylic acid groups (broad SMARTS) is 1. The molecule has 2 aromatic heterocycles. The third kappa shape index (κ3) is 1.70. The van der Waals surface area contributed by atoms with Gasteiger partial charge in [-0.15, -0.1) is 0 Å². The van der Waals surface area contributed by atoms with Crippen LogP contribution in [0.4, 0.5) is 0 Å². The summed E-state index contributed by atoms with van der Waals surface area (Å²) >= 11 is 0. The first-order chi connectivity index (χ1) is 7.08. The molecule has 2 heterocycles. The largest absolute Gasteiger partial charge is 0.478 e. The summed E-state index contributed by atoms with van der Waals surface area (Å²) in [5.74, 6) is -0.579. The van der Waals surface area contributed by atoms with E-state index in [1.807, 2.05) is 10.6 Å². The van der Waals surface area contributed by atoms with Gasteiger partial charge in [0, 0.05) is 12.4 Å². The zero-order valence-corrected chi connectivity index (χ0v) is 8.64. The minimum atomic E-state index is -0.924. The molecule has 0 aliphatic heterocycles. The number of fused-ring (bicyclic) bond motifs is 1. The Morgan fingerprint density at radius 2 is 2.27 bits per heavy atom. The standard InChI is InChI=1S/C11H12N2O2/c1-7(2)9-6-13-4-3-8(11(14)15)5-10(13)12-9/h3-7H,1-2H3,(H,14,15). The molecule has 0 aromatic carbocycles. The third-order valence-electron chi connectivity index (χ3n) is 2.32. The van der Waals surface area contributed by atoms with Gasteiger partial charge in [-0.05, 0) is 18.1 Å². The summed E-state index contributed by atoms with van der Waals surface area (Å²) in [5.41, 5.74) is 1.92. The van der Waals surface area contributed by atoms with E-state index in [-0.39, 0.29) is 5.56 Å². The smallest absolute Gasteiger partial charge is 0.335 e. The molecule has 0 saturated carbocycles. The van der Waals surface area contributed by atoms with Crippen LogP contribution in [0.25, 0.3) is 5.65 Å². The van der Waals surface area contributed by atoms with Crippen molar-refractivity contribution in [2.45, 2.75) is 19.8 Å². The Hall–Kier alpha value is -1.84. The molecule has 0 amide bonds. The zero-order valence-electron chi connectivity index (χ0n) is 8.64. The van der Waals surface area contributed by atoms with E-state index < -0.39 is 5.97 Å². The van der Waals surface area contributed by atoms with Crippen LogP contribution in [-0.2, 0) is 0 Å². The van der Waals surface area contributed by atoms with Crippen molar-refractivity contribution in [2.24, 2.45) is 0 Å². The molecule has 2 rings (SSSR count). The van der Waals surface area contributed by atoms with Crippen LogP contribution >= 0.6 is 0 Å². The molecule has 0 fully saturated rings. The first-order valence-electron chi connectivity index (χ1n) is 4.80. The van der Waals surface area contributed by atoms with Crippen molar-refractivity contribution < 1.29 is 9.90 Å². The summed E-state index contributed by atoms with van der Waals surface area (Å²) in [6, 6.07) is 3.15. The molecule has 0 saturated heterocycles. The summed E-state index contributed by atoms with van der Waals surface area (Å²) in [5, 5.41) is 8.82. The Morgan fingerprint density at radius 1 is 1.53 bits per heavy atom. The molecule has 0 aliphatic carbocycles. The second kappa shape index (κ2) is 3.38. The van der Waals surface area contributed by atoms with Crippen LogP contribution in [0.3, 0.4) is 0 Å². The number of hydrogen-bond acceptors (Lipinski definition) is 2. The molecule has 4 nitrogen and oxygen atoms in total. The highest BCUT2D eigenvalue weighted by molar-refractivity contribution is 5.88. The Balaban J connectivity index is 2.57. The van der Waals surface area contributed by atoms with Crippen molar-refractivity contribution in [2.75, 3.05) is 0 Å². The van der Waals surface area contributed by atoms with Gasteiger partial charge in [0.15, 0.2) is 0 Å². The fraction of sp³-hybridized carbons (Fsp3) is 0.273. The minimum absolute atomic E-state index is 0.267. The average molecular weight is 204 g/mol. The lowest BCUT2D eigenvalue weighted by molar-refractivity contribution is 0.0697. The molecule has 0 aliphatic rings. The van der Waals surface area contributed by atoms with Crippen molar-refractivity contribution in [3.8, 4) is 0 Å². The van der Waals surface area contributed by atoms with Crippen LogP contribution in [0.1, 0.15) is 35.8 Å². The normalized spacial score (nSPS) is 11.1. The lowest BCUT2D eigenvalue weighted by Crippen LogP contribution is -1.96. The molecule has 4 heteroatoms. The van der Waals surface area contributed by atoms with E-state index in [1.165, 1.54) is 0 Å². The Morgan fingerprint density at radius 3 is 2.87 bits per heavy atom. The lowest BCUT2D eigenvalue weighted by atomic mass is 10.2. The van der Waals surface area contributed by atoms with E-state index in [0.717, 1.165) is 5.69 Å². The molecule has 1 N–H and O–H groups in total. The second-order valence-electron chi connectivity index (χ2n) is 3.81. The number of carboxylic acids is 1. The average Bonchev–Trinajstić information content (AvgIpc) is 2.59. The topological polar surface area (TPSA) is 54.6 Å².